The SMILES string of the molecule is O=S(=O)(Nc1cnns1)c1ccc2c(c1)CCN2. The van der Waals surface area contributed by atoms with E-state index in [-0.39, 0.29) is 4.90 Å². The molecule has 0 radical (unpaired) electrons. The van der Waals surface area contributed by atoms with Crippen molar-refractivity contribution in [3.05, 3.63) is 30.0 Å². The molecule has 0 bridgehead atoms. The first-order chi connectivity index (χ1) is 8.65. The summed E-state index contributed by atoms with van der Waals surface area (Å²) in [4.78, 5) is 0.262. The van der Waals surface area contributed by atoms with Gasteiger partial charge in [0.1, 0.15) is 5.00 Å². The molecule has 0 atom stereocenters. The molecular weight excluding hydrogens is 272 g/mol. The molecule has 0 fully saturated rings. The smallest absolute Gasteiger partial charge is 0.262 e. The average Bonchev–Trinajstić information content (AvgIpc) is 2.97. The minimum Gasteiger partial charge on any atom is -0.384 e. The summed E-state index contributed by atoms with van der Waals surface area (Å²) < 4.78 is 30.3. The molecule has 3 rings (SSSR count). The van der Waals surface area contributed by atoms with Crippen LogP contribution < -0.4 is 10.0 Å². The summed E-state index contributed by atoms with van der Waals surface area (Å²) in [6.07, 6.45) is 2.23. The number of fused-ring (bicyclic) bond motifs is 1. The zero-order chi connectivity index (χ0) is 12.6. The molecule has 1 aromatic carbocycles. The Balaban J connectivity index is 1.94. The normalized spacial score (nSPS) is 14.0. The summed E-state index contributed by atoms with van der Waals surface area (Å²) in [6.45, 7) is 0.852. The molecule has 0 aliphatic carbocycles. The molecular formula is C10H10N4O2S2. The van der Waals surface area contributed by atoms with Gasteiger partial charge in [0.05, 0.1) is 11.1 Å². The van der Waals surface area contributed by atoms with Crippen LogP contribution in [0.2, 0.25) is 0 Å². The second-order valence-corrected chi connectivity index (χ2v) is 6.35. The Kier molecular flexibility index (Phi) is 2.67. The Morgan fingerprint density at radius 3 is 3.06 bits per heavy atom. The van der Waals surface area contributed by atoms with E-state index in [4.69, 9.17) is 0 Å². The van der Waals surface area contributed by atoms with Crippen molar-refractivity contribution >= 4 is 32.2 Å². The number of nitrogens with one attached hydrogen (secondary N) is 2. The molecule has 8 heteroatoms. The van der Waals surface area contributed by atoms with Crippen molar-refractivity contribution in [3.8, 4) is 0 Å². The third-order valence-corrected chi connectivity index (χ3v) is 4.77. The third kappa shape index (κ3) is 2.04. The van der Waals surface area contributed by atoms with Crippen LogP contribution in [0.1, 0.15) is 5.56 Å². The van der Waals surface area contributed by atoms with E-state index in [1.54, 1.807) is 18.2 Å². The maximum Gasteiger partial charge on any atom is 0.262 e. The van der Waals surface area contributed by atoms with Crippen LogP contribution in [0.15, 0.2) is 29.3 Å². The molecule has 94 valence electrons. The van der Waals surface area contributed by atoms with Crippen molar-refractivity contribution in [1.29, 1.82) is 0 Å². The van der Waals surface area contributed by atoms with Crippen LogP contribution in [0.25, 0.3) is 0 Å². The van der Waals surface area contributed by atoms with Gasteiger partial charge in [-0.15, -0.1) is 5.10 Å². The Morgan fingerprint density at radius 2 is 2.28 bits per heavy atom. The first-order valence-electron chi connectivity index (χ1n) is 5.32. The number of benzene rings is 1. The molecule has 0 saturated carbocycles. The van der Waals surface area contributed by atoms with Gasteiger partial charge in [0.15, 0.2) is 0 Å². The fraction of sp³-hybridized carbons (Fsp3) is 0.200. The molecule has 2 aromatic rings. The van der Waals surface area contributed by atoms with Crippen LogP contribution in [0.5, 0.6) is 0 Å². The summed E-state index contributed by atoms with van der Waals surface area (Å²) in [6, 6.07) is 5.09. The van der Waals surface area contributed by atoms with E-state index in [0.717, 1.165) is 35.7 Å². The van der Waals surface area contributed by atoms with Gasteiger partial charge < -0.3 is 5.32 Å². The van der Waals surface area contributed by atoms with E-state index in [1.807, 2.05) is 0 Å². The topological polar surface area (TPSA) is 84.0 Å². The van der Waals surface area contributed by atoms with Gasteiger partial charge in [-0.3, -0.25) is 4.72 Å². The molecule has 0 unspecified atom stereocenters. The van der Waals surface area contributed by atoms with Crippen molar-refractivity contribution < 1.29 is 8.42 Å². The lowest BCUT2D eigenvalue weighted by molar-refractivity contribution is 0.601. The zero-order valence-electron chi connectivity index (χ0n) is 9.25. The van der Waals surface area contributed by atoms with Gasteiger partial charge in [-0.1, -0.05) is 4.49 Å². The number of rotatable bonds is 3. The fourth-order valence-electron chi connectivity index (χ4n) is 1.85. The standard InChI is InChI=1S/C10H10N4O2S2/c15-18(16,13-10-6-12-14-17-10)8-1-2-9-7(5-8)3-4-11-9/h1-2,5-6,11,13H,3-4H2. The molecule has 1 aliphatic rings. The minimum absolute atomic E-state index is 0.262. The second kappa shape index (κ2) is 4.21. The van der Waals surface area contributed by atoms with E-state index in [2.05, 4.69) is 19.6 Å². The molecule has 1 aliphatic heterocycles. The lowest BCUT2D eigenvalue weighted by atomic mass is 10.2. The molecule has 2 heterocycles. The Bertz CT molecular complexity index is 667. The highest BCUT2D eigenvalue weighted by molar-refractivity contribution is 7.93. The molecule has 0 saturated heterocycles. The Morgan fingerprint density at radius 1 is 1.39 bits per heavy atom. The zero-order valence-corrected chi connectivity index (χ0v) is 10.9. The van der Waals surface area contributed by atoms with E-state index < -0.39 is 10.0 Å². The predicted molar refractivity (Wildman–Crippen MR) is 69.4 cm³/mol. The number of sulfonamides is 1. The van der Waals surface area contributed by atoms with Gasteiger partial charge in [-0.2, -0.15) is 0 Å². The molecule has 1 aromatic heterocycles. The number of aromatic nitrogens is 2. The van der Waals surface area contributed by atoms with Crippen molar-refractivity contribution in [2.75, 3.05) is 16.6 Å². The predicted octanol–water partition coefficient (Wildman–Crippen LogP) is 1.31. The van der Waals surface area contributed by atoms with Crippen LogP contribution in [0.3, 0.4) is 0 Å². The van der Waals surface area contributed by atoms with E-state index in [1.165, 1.54) is 6.20 Å². The van der Waals surface area contributed by atoms with E-state index >= 15 is 0 Å². The summed E-state index contributed by atoms with van der Waals surface area (Å²) in [5, 5.41) is 7.19. The van der Waals surface area contributed by atoms with Gasteiger partial charge in [0.2, 0.25) is 0 Å². The van der Waals surface area contributed by atoms with Crippen molar-refractivity contribution in [3.63, 3.8) is 0 Å². The lowest BCUT2D eigenvalue weighted by Gasteiger charge is -2.07. The van der Waals surface area contributed by atoms with Crippen molar-refractivity contribution in [2.45, 2.75) is 11.3 Å². The number of hydrogen-bond donors (Lipinski definition) is 2. The van der Waals surface area contributed by atoms with Gasteiger partial charge in [0, 0.05) is 23.8 Å². The first-order valence-corrected chi connectivity index (χ1v) is 7.58. The van der Waals surface area contributed by atoms with Crippen LogP contribution in [0.4, 0.5) is 10.7 Å². The molecule has 18 heavy (non-hydrogen) atoms. The quantitative estimate of drug-likeness (QED) is 0.886. The third-order valence-electron chi connectivity index (χ3n) is 2.69. The summed E-state index contributed by atoms with van der Waals surface area (Å²) in [7, 11) is -3.55. The van der Waals surface area contributed by atoms with Crippen LogP contribution in [-0.4, -0.2) is 24.5 Å². The summed E-state index contributed by atoms with van der Waals surface area (Å²) >= 11 is 1.01. The highest BCUT2D eigenvalue weighted by Crippen LogP contribution is 2.26. The maximum absolute atomic E-state index is 12.1. The minimum atomic E-state index is -3.55. The molecule has 2 N–H and O–H groups in total. The van der Waals surface area contributed by atoms with E-state index in [9.17, 15) is 8.42 Å². The highest BCUT2D eigenvalue weighted by Gasteiger charge is 2.18. The van der Waals surface area contributed by atoms with Gasteiger partial charge in [-0.05, 0) is 30.2 Å². The maximum atomic E-state index is 12.1. The van der Waals surface area contributed by atoms with Crippen LogP contribution in [0, 0.1) is 0 Å². The van der Waals surface area contributed by atoms with E-state index in [0.29, 0.717) is 5.00 Å². The largest absolute Gasteiger partial charge is 0.384 e. The Labute approximate surface area is 108 Å². The van der Waals surface area contributed by atoms with Crippen molar-refractivity contribution in [1.82, 2.24) is 9.59 Å². The summed E-state index contributed by atoms with van der Waals surface area (Å²) in [5.41, 5.74) is 2.04. The first kappa shape index (κ1) is 11.4. The average molecular weight is 282 g/mol. The molecule has 0 spiro atoms. The second-order valence-electron chi connectivity index (χ2n) is 3.88. The van der Waals surface area contributed by atoms with Crippen molar-refractivity contribution in [2.24, 2.45) is 0 Å². The van der Waals surface area contributed by atoms with Gasteiger partial charge >= 0.3 is 0 Å². The fourth-order valence-corrected chi connectivity index (χ4v) is 3.59. The van der Waals surface area contributed by atoms with Crippen LogP contribution in [-0.2, 0) is 16.4 Å². The highest BCUT2D eigenvalue weighted by atomic mass is 32.2. The van der Waals surface area contributed by atoms with Gasteiger partial charge in [-0.25, -0.2) is 8.42 Å². The molecule has 6 nitrogen and oxygen atoms in total. The number of anilines is 2. The monoisotopic (exact) mass is 282 g/mol. The lowest BCUT2D eigenvalue weighted by Crippen LogP contribution is -2.12. The Hall–Kier alpha value is -1.67. The molecule has 0 amide bonds. The summed E-state index contributed by atoms with van der Waals surface area (Å²) in [5.74, 6) is 0. The number of hydrogen-bond acceptors (Lipinski definition) is 6. The number of nitrogens with zero attached hydrogens (tertiary/aromatic N) is 2. The van der Waals surface area contributed by atoms with Gasteiger partial charge in [0.25, 0.3) is 10.0 Å². The van der Waals surface area contributed by atoms with Crippen LogP contribution >= 0.6 is 11.5 Å².